The van der Waals surface area contributed by atoms with E-state index in [1.165, 1.54) is 23.2 Å². The molecule has 112 valence electrons. The Morgan fingerprint density at radius 2 is 2.24 bits per heavy atom. The smallest absolute Gasteiger partial charge is 0.175 e. The molecule has 21 heavy (non-hydrogen) atoms. The molecular formula is C15H20BrN5. The van der Waals surface area contributed by atoms with Crippen molar-refractivity contribution in [2.75, 3.05) is 6.54 Å². The van der Waals surface area contributed by atoms with Crippen LogP contribution < -0.4 is 5.32 Å². The van der Waals surface area contributed by atoms with Crippen LogP contribution in [-0.2, 0) is 19.9 Å². The molecule has 1 aliphatic carbocycles. The summed E-state index contributed by atoms with van der Waals surface area (Å²) in [6.07, 6.45) is 4.51. The Kier molecular flexibility index (Phi) is 4.65. The molecule has 1 fully saturated rings. The van der Waals surface area contributed by atoms with E-state index in [1.807, 2.05) is 7.05 Å². The van der Waals surface area contributed by atoms with Crippen LogP contribution in [0.2, 0.25) is 0 Å². The molecule has 2 aromatic rings. The van der Waals surface area contributed by atoms with Crippen LogP contribution in [0.5, 0.6) is 0 Å². The quantitative estimate of drug-likeness (QED) is 0.831. The number of rotatable bonds is 7. The summed E-state index contributed by atoms with van der Waals surface area (Å²) in [5.74, 6) is 1.32. The Morgan fingerprint density at radius 1 is 1.38 bits per heavy atom. The molecule has 1 heterocycles. The number of aryl methyl sites for hydroxylation is 1. The van der Waals surface area contributed by atoms with Crippen LogP contribution in [0.3, 0.4) is 0 Å². The number of nitrogens with one attached hydrogen (secondary N) is 1. The van der Waals surface area contributed by atoms with Crippen molar-refractivity contribution in [3.8, 4) is 0 Å². The zero-order valence-electron chi connectivity index (χ0n) is 12.2. The van der Waals surface area contributed by atoms with E-state index in [0.717, 1.165) is 35.7 Å². The molecule has 0 spiro atoms. The molecule has 1 saturated carbocycles. The first-order valence-electron chi connectivity index (χ1n) is 7.40. The maximum Gasteiger partial charge on any atom is 0.175 e. The summed E-state index contributed by atoms with van der Waals surface area (Å²) in [7, 11) is 1.81. The Hall–Kier alpha value is -1.27. The summed E-state index contributed by atoms with van der Waals surface area (Å²) >= 11 is 3.54. The van der Waals surface area contributed by atoms with Crippen LogP contribution in [0.25, 0.3) is 0 Å². The number of tetrazole rings is 1. The second-order valence-electron chi connectivity index (χ2n) is 5.78. The van der Waals surface area contributed by atoms with Crippen molar-refractivity contribution in [3.63, 3.8) is 0 Å². The zero-order chi connectivity index (χ0) is 14.7. The molecule has 0 saturated heterocycles. The molecule has 1 aliphatic rings. The summed E-state index contributed by atoms with van der Waals surface area (Å²) in [5, 5.41) is 16.0. The Labute approximate surface area is 133 Å². The molecule has 0 amide bonds. The monoisotopic (exact) mass is 349 g/mol. The third-order valence-corrected chi connectivity index (χ3v) is 4.20. The van der Waals surface area contributed by atoms with Crippen LogP contribution in [0.4, 0.5) is 0 Å². The van der Waals surface area contributed by atoms with Crippen LogP contribution >= 0.6 is 15.9 Å². The average Bonchev–Trinajstić information content (AvgIpc) is 3.19. The molecule has 0 aliphatic heterocycles. The molecule has 1 unspecified atom stereocenters. The van der Waals surface area contributed by atoms with Crippen molar-refractivity contribution in [2.24, 2.45) is 13.0 Å². The third-order valence-electron chi connectivity index (χ3n) is 3.71. The fraction of sp³-hybridized carbons (Fsp3) is 0.533. The highest BCUT2D eigenvalue weighted by Gasteiger charge is 2.23. The van der Waals surface area contributed by atoms with Crippen molar-refractivity contribution >= 4 is 15.9 Å². The first-order valence-corrected chi connectivity index (χ1v) is 8.19. The number of nitrogens with zero attached hydrogens (tertiary/aromatic N) is 4. The van der Waals surface area contributed by atoms with Crippen LogP contribution in [0, 0.1) is 5.92 Å². The summed E-state index contributed by atoms with van der Waals surface area (Å²) in [4.78, 5) is 1.53. The minimum Gasteiger partial charge on any atom is -0.314 e. The molecule has 3 rings (SSSR count). The lowest BCUT2D eigenvalue weighted by Crippen LogP contribution is -2.27. The molecule has 1 aromatic carbocycles. The van der Waals surface area contributed by atoms with Gasteiger partial charge >= 0.3 is 0 Å². The minimum absolute atomic E-state index is 0.490. The molecule has 6 heteroatoms. The molecule has 1 atom stereocenters. The van der Waals surface area contributed by atoms with Crippen molar-refractivity contribution in [3.05, 3.63) is 40.1 Å². The zero-order valence-corrected chi connectivity index (χ0v) is 13.8. The lowest BCUT2D eigenvalue weighted by atomic mass is 9.95. The lowest BCUT2D eigenvalue weighted by molar-refractivity contribution is 0.459. The maximum atomic E-state index is 4.31. The fourth-order valence-electron chi connectivity index (χ4n) is 2.50. The maximum absolute atomic E-state index is 4.31. The van der Waals surface area contributed by atoms with Gasteiger partial charge in [0.2, 0.25) is 0 Å². The molecule has 5 nitrogen and oxygen atoms in total. The van der Waals surface area contributed by atoms with Crippen molar-refractivity contribution < 1.29 is 0 Å². The van der Waals surface area contributed by atoms with Gasteiger partial charge in [0.15, 0.2) is 5.82 Å². The molecular weight excluding hydrogens is 330 g/mol. The Balaban J connectivity index is 1.65. The normalized spacial score (nSPS) is 16.1. The molecule has 0 bridgehead atoms. The van der Waals surface area contributed by atoms with E-state index < -0.39 is 0 Å². The van der Waals surface area contributed by atoms with E-state index in [2.05, 4.69) is 60.9 Å². The average molecular weight is 350 g/mol. The second-order valence-corrected chi connectivity index (χ2v) is 6.70. The molecule has 1 N–H and O–H groups in total. The van der Waals surface area contributed by atoms with Gasteiger partial charge in [-0.1, -0.05) is 28.1 Å². The van der Waals surface area contributed by atoms with Crippen molar-refractivity contribution in [1.82, 2.24) is 25.5 Å². The number of hydrogen-bond donors (Lipinski definition) is 1. The van der Waals surface area contributed by atoms with Gasteiger partial charge < -0.3 is 5.32 Å². The topological polar surface area (TPSA) is 55.6 Å². The summed E-state index contributed by atoms with van der Waals surface area (Å²) in [6.45, 7) is 1.01. The van der Waals surface area contributed by atoms with Gasteiger partial charge in [-0.2, -0.15) is 4.80 Å². The largest absolute Gasteiger partial charge is 0.314 e. The fourth-order valence-corrected chi connectivity index (χ4v) is 2.94. The number of benzene rings is 1. The van der Waals surface area contributed by atoms with Crippen LogP contribution in [-0.4, -0.2) is 32.8 Å². The van der Waals surface area contributed by atoms with E-state index in [9.17, 15) is 0 Å². The van der Waals surface area contributed by atoms with Gasteiger partial charge in [0.1, 0.15) is 0 Å². The summed E-state index contributed by atoms with van der Waals surface area (Å²) in [6, 6.07) is 9.24. The minimum atomic E-state index is 0.490. The highest BCUT2D eigenvalue weighted by molar-refractivity contribution is 9.10. The predicted octanol–water partition coefficient (Wildman–Crippen LogP) is 2.13. The van der Waals surface area contributed by atoms with Gasteiger partial charge in [-0.15, -0.1) is 10.2 Å². The summed E-state index contributed by atoms with van der Waals surface area (Å²) < 4.78 is 1.13. The first kappa shape index (κ1) is 14.7. The standard InChI is InChI=1S/C15H20BrN5/c1-21-19-15(18-20-21)9-12(10-17-14-5-6-14)7-11-3-2-4-13(16)8-11/h2-4,8,12,14,17H,5-7,9-10H2,1H3. The summed E-state index contributed by atoms with van der Waals surface area (Å²) in [5.41, 5.74) is 1.34. The van der Waals surface area contributed by atoms with E-state index >= 15 is 0 Å². The highest BCUT2D eigenvalue weighted by atomic mass is 79.9. The number of hydrogen-bond acceptors (Lipinski definition) is 4. The van der Waals surface area contributed by atoms with E-state index in [4.69, 9.17) is 0 Å². The van der Waals surface area contributed by atoms with Gasteiger partial charge in [0, 0.05) is 16.9 Å². The van der Waals surface area contributed by atoms with E-state index in [1.54, 1.807) is 0 Å². The van der Waals surface area contributed by atoms with Gasteiger partial charge in [0.25, 0.3) is 0 Å². The van der Waals surface area contributed by atoms with E-state index in [-0.39, 0.29) is 0 Å². The molecule has 0 radical (unpaired) electrons. The lowest BCUT2D eigenvalue weighted by Gasteiger charge is -2.16. The first-order chi connectivity index (χ1) is 10.2. The SMILES string of the molecule is Cn1nnc(CC(CNC2CC2)Cc2cccc(Br)c2)n1. The van der Waals surface area contributed by atoms with Crippen molar-refractivity contribution in [2.45, 2.75) is 31.7 Å². The highest BCUT2D eigenvalue weighted by Crippen LogP contribution is 2.21. The number of halogens is 1. The van der Waals surface area contributed by atoms with Gasteiger partial charge in [-0.3, -0.25) is 0 Å². The van der Waals surface area contributed by atoms with E-state index in [0.29, 0.717) is 5.92 Å². The Bertz CT molecular complexity index is 593. The van der Waals surface area contributed by atoms with Gasteiger partial charge in [-0.25, -0.2) is 0 Å². The number of aromatic nitrogens is 4. The van der Waals surface area contributed by atoms with Crippen molar-refractivity contribution in [1.29, 1.82) is 0 Å². The third kappa shape index (κ3) is 4.61. The Morgan fingerprint density at radius 3 is 2.90 bits per heavy atom. The molecule has 1 aromatic heterocycles. The van der Waals surface area contributed by atoms with Crippen LogP contribution in [0.15, 0.2) is 28.7 Å². The van der Waals surface area contributed by atoms with Crippen LogP contribution in [0.1, 0.15) is 24.2 Å². The predicted molar refractivity (Wildman–Crippen MR) is 84.9 cm³/mol. The van der Waals surface area contributed by atoms with Gasteiger partial charge in [-0.05, 0) is 54.6 Å². The second kappa shape index (κ2) is 6.66. The van der Waals surface area contributed by atoms with Gasteiger partial charge in [0.05, 0.1) is 7.05 Å².